The van der Waals surface area contributed by atoms with Crippen LogP contribution >= 0.6 is 11.6 Å². The van der Waals surface area contributed by atoms with Crippen molar-refractivity contribution in [3.63, 3.8) is 0 Å². The first-order valence-electron chi connectivity index (χ1n) is 2.21. The van der Waals surface area contributed by atoms with E-state index in [1.54, 1.807) is 11.1 Å². The van der Waals surface area contributed by atoms with Crippen molar-refractivity contribution < 1.29 is 12.4 Å². The van der Waals surface area contributed by atoms with Gasteiger partial charge < -0.3 is 22.7 Å². The summed E-state index contributed by atoms with van der Waals surface area (Å²) in [6.07, 6.45) is 2.76. The fourth-order valence-electron chi connectivity index (χ4n) is 0.284. The van der Waals surface area contributed by atoms with E-state index in [9.17, 15) is 0 Å². The predicted octanol–water partition coefficient (Wildman–Crippen LogP) is -1.72. The molecule has 0 aliphatic heterocycles. The molecule has 2 nitrogen and oxygen atoms in total. The fourth-order valence-corrected chi connectivity index (χ4v) is 0.479. The van der Waals surface area contributed by atoms with Crippen molar-refractivity contribution in [1.82, 2.24) is 4.90 Å². The second-order valence-electron chi connectivity index (χ2n) is 1.62. The maximum Gasteiger partial charge on any atom is 0.0739 e. The van der Waals surface area contributed by atoms with Crippen LogP contribution in [-0.4, -0.2) is 25.2 Å². The molecule has 0 aromatic rings. The second kappa shape index (κ2) is 5.92. The van der Waals surface area contributed by atoms with Crippen LogP contribution in [-0.2, 0) is 0 Å². The Kier molecular flexibility index (Phi) is 7.61. The lowest BCUT2D eigenvalue weighted by atomic mass is 10.6. The molecule has 0 heterocycles. The second-order valence-corrected chi connectivity index (χ2v) is 2.06. The Balaban J connectivity index is 0. The maximum absolute atomic E-state index is 6.65. The molecule has 1 N–H and O–H groups in total. The number of allylic oxidation sites excluding steroid dienone is 1. The van der Waals surface area contributed by atoms with Gasteiger partial charge in [0.25, 0.3) is 0 Å². The Morgan fingerprint density at radius 1 is 1.56 bits per heavy atom. The molecule has 0 spiro atoms. The molecular weight excluding hydrogens is 159 g/mol. The van der Waals surface area contributed by atoms with Crippen molar-refractivity contribution in [3.05, 3.63) is 11.2 Å². The highest BCUT2D eigenvalue weighted by Gasteiger charge is 1.82. The van der Waals surface area contributed by atoms with Gasteiger partial charge in [-0.2, -0.15) is 0 Å². The van der Waals surface area contributed by atoms with E-state index in [-0.39, 0.29) is 12.4 Å². The molecule has 54 valence electrons. The van der Waals surface area contributed by atoms with Crippen LogP contribution < -0.4 is 12.4 Å². The summed E-state index contributed by atoms with van der Waals surface area (Å²) in [7, 11) is 3.71. The summed E-state index contributed by atoms with van der Waals surface area (Å²) in [5.74, 6) is 0. The van der Waals surface area contributed by atoms with Crippen molar-refractivity contribution >= 4 is 17.8 Å². The van der Waals surface area contributed by atoms with Crippen molar-refractivity contribution in [2.24, 2.45) is 0 Å². The van der Waals surface area contributed by atoms with Gasteiger partial charge in [0.2, 0.25) is 0 Å². The first-order chi connectivity index (χ1) is 3.66. The Labute approximate surface area is 66.4 Å². The normalized spacial score (nSPS) is 9.89. The third-order valence-corrected chi connectivity index (χ3v) is 0.726. The maximum atomic E-state index is 6.65. The van der Waals surface area contributed by atoms with Crippen LogP contribution in [0.2, 0.25) is 0 Å². The number of nitrogens with one attached hydrogen (secondary N) is 1. The van der Waals surface area contributed by atoms with Gasteiger partial charge in [-0.1, -0.05) is 11.6 Å². The van der Waals surface area contributed by atoms with Gasteiger partial charge in [0.05, 0.1) is 5.03 Å². The van der Waals surface area contributed by atoms with E-state index in [1.807, 2.05) is 14.1 Å². The summed E-state index contributed by atoms with van der Waals surface area (Å²) in [4.78, 5) is 1.79. The summed E-state index contributed by atoms with van der Waals surface area (Å²) >= 11 is 5.44. The quantitative estimate of drug-likeness (QED) is 0.488. The Hall–Kier alpha value is -0.210. The van der Waals surface area contributed by atoms with Gasteiger partial charge in [-0.15, -0.1) is 0 Å². The largest absolute Gasteiger partial charge is 1.00 e. The van der Waals surface area contributed by atoms with E-state index in [0.29, 0.717) is 5.03 Å². The minimum atomic E-state index is 0. The Morgan fingerprint density at radius 3 is 2.11 bits per heavy atom. The third-order valence-electron chi connectivity index (χ3n) is 0.519. The van der Waals surface area contributed by atoms with Gasteiger partial charge in [0.1, 0.15) is 0 Å². The lowest BCUT2D eigenvalue weighted by Gasteiger charge is -2.02. The summed E-state index contributed by atoms with van der Waals surface area (Å²) < 4.78 is 0. The zero-order valence-electron chi connectivity index (χ0n) is 5.36. The summed E-state index contributed by atoms with van der Waals surface area (Å²) in [5, 5.41) is 7.09. The number of halogens is 2. The average Bonchev–Trinajstić information content (AvgIpc) is 1.65. The molecule has 0 aromatic carbocycles. The standard InChI is InChI=1S/C5H9ClN2.ClH/c1-8(2)4-5(6)3-7;/h3-4,7H,1-2H3;1H/p-1/b5-4+,7-3?;. The van der Waals surface area contributed by atoms with Gasteiger partial charge in [0.15, 0.2) is 0 Å². The summed E-state index contributed by atoms with van der Waals surface area (Å²) in [5.41, 5.74) is 0. The van der Waals surface area contributed by atoms with Crippen LogP contribution in [0.1, 0.15) is 0 Å². The van der Waals surface area contributed by atoms with Gasteiger partial charge in [0, 0.05) is 26.5 Å². The molecule has 0 fully saturated rings. The van der Waals surface area contributed by atoms with Gasteiger partial charge in [-0.25, -0.2) is 0 Å². The zero-order valence-corrected chi connectivity index (χ0v) is 6.87. The molecule has 0 aromatic heterocycles. The van der Waals surface area contributed by atoms with E-state index < -0.39 is 0 Å². The molecule has 0 saturated carbocycles. The molecule has 4 heteroatoms. The zero-order chi connectivity index (χ0) is 6.57. The molecule has 0 rings (SSSR count). The highest BCUT2D eigenvalue weighted by Crippen LogP contribution is 1.95. The fraction of sp³-hybridized carbons (Fsp3) is 0.400. The van der Waals surface area contributed by atoms with Gasteiger partial charge in [-0.05, 0) is 0 Å². The minimum absolute atomic E-state index is 0. The Morgan fingerprint density at radius 2 is 2.00 bits per heavy atom. The molecule has 0 aliphatic rings. The lowest BCUT2D eigenvalue weighted by molar-refractivity contribution is -0.00000191. The lowest BCUT2D eigenvalue weighted by Crippen LogP contribution is -3.00. The third kappa shape index (κ3) is 7.79. The summed E-state index contributed by atoms with van der Waals surface area (Å²) in [6.45, 7) is 0. The van der Waals surface area contributed by atoms with E-state index in [1.165, 1.54) is 0 Å². The van der Waals surface area contributed by atoms with Crippen LogP contribution in [0.25, 0.3) is 0 Å². The van der Waals surface area contributed by atoms with E-state index in [2.05, 4.69) is 0 Å². The molecule has 0 unspecified atom stereocenters. The SMILES string of the molecule is CN(C)/C=C(/Cl)C=N.[Cl-]. The van der Waals surface area contributed by atoms with E-state index in [0.717, 1.165) is 6.21 Å². The van der Waals surface area contributed by atoms with Crippen molar-refractivity contribution in [2.75, 3.05) is 14.1 Å². The molecule has 0 saturated heterocycles. The molecule has 0 radical (unpaired) electrons. The Bertz CT molecular complexity index is 110. The smallest absolute Gasteiger partial charge is 0.0739 e. The van der Waals surface area contributed by atoms with Crippen molar-refractivity contribution in [2.45, 2.75) is 0 Å². The van der Waals surface area contributed by atoms with Crippen LogP contribution in [0, 0.1) is 5.41 Å². The number of hydrogen-bond acceptors (Lipinski definition) is 2. The van der Waals surface area contributed by atoms with Crippen LogP contribution in [0.3, 0.4) is 0 Å². The van der Waals surface area contributed by atoms with Crippen LogP contribution in [0.5, 0.6) is 0 Å². The minimum Gasteiger partial charge on any atom is -1.00 e. The summed E-state index contributed by atoms with van der Waals surface area (Å²) in [6, 6.07) is 0. The number of rotatable bonds is 2. The number of nitrogens with zero attached hydrogens (tertiary/aromatic N) is 1. The first-order valence-corrected chi connectivity index (χ1v) is 2.59. The molecule has 9 heavy (non-hydrogen) atoms. The monoisotopic (exact) mass is 167 g/mol. The first kappa shape index (κ1) is 11.6. The van der Waals surface area contributed by atoms with E-state index >= 15 is 0 Å². The van der Waals surface area contributed by atoms with E-state index in [4.69, 9.17) is 17.0 Å². The van der Waals surface area contributed by atoms with Crippen molar-refractivity contribution in [1.29, 1.82) is 5.41 Å². The van der Waals surface area contributed by atoms with Crippen molar-refractivity contribution in [3.8, 4) is 0 Å². The highest BCUT2D eigenvalue weighted by atomic mass is 35.5. The number of hydrogen-bond donors (Lipinski definition) is 1. The molecule has 0 aliphatic carbocycles. The highest BCUT2D eigenvalue weighted by molar-refractivity contribution is 6.38. The predicted molar refractivity (Wildman–Crippen MR) is 36.4 cm³/mol. The molecule has 0 bridgehead atoms. The van der Waals surface area contributed by atoms with Crippen LogP contribution in [0.4, 0.5) is 0 Å². The molecule has 0 amide bonds. The molecular formula is C5H9Cl2N2-. The topological polar surface area (TPSA) is 27.1 Å². The molecule has 0 atom stereocenters. The van der Waals surface area contributed by atoms with Gasteiger partial charge in [-0.3, -0.25) is 0 Å². The average molecular weight is 168 g/mol. The van der Waals surface area contributed by atoms with Gasteiger partial charge >= 0.3 is 0 Å². The van der Waals surface area contributed by atoms with Crippen LogP contribution in [0.15, 0.2) is 11.2 Å².